The predicted octanol–water partition coefficient (Wildman–Crippen LogP) is 4.22. The fourth-order valence-electron chi connectivity index (χ4n) is 3.63. The van der Waals surface area contributed by atoms with Crippen molar-refractivity contribution in [2.45, 2.75) is 25.8 Å². The van der Waals surface area contributed by atoms with Crippen LogP contribution in [0.1, 0.15) is 36.9 Å². The summed E-state index contributed by atoms with van der Waals surface area (Å²) in [6.45, 7) is 6.61. The van der Waals surface area contributed by atoms with Crippen molar-refractivity contribution in [3.63, 3.8) is 0 Å². The first-order valence-electron chi connectivity index (χ1n) is 8.86. The number of rotatable bonds is 4. The molecule has 1 unspecified atom stereocenters. The summed E-state index contributed by atoms with van der Waals surface area (Å²) >= 11 is 0. The highest BCUT2D eigenvalue weighted by Crippen LogP contribution is 2.26. The zero-order valence-electron chi connectivity index (χ0n) is 14.4. The summed E-state index contributed by atoms with van der Waals surface area (Å²) in [6.07, 6.45) is 2.31. The van der Waals surface area contributed by atoms with Gasteiger partial charge in [-0.1, -0.05) is 37.3 Å². The van der Waals surface area contributed by atoms with Gasteiger partial charge in [-0.3, -0.25) is 4.90 Å². The van der Waals surface area contributed by atoms with Gasteiger partial charge in [0, 0.05) is 37.9 Å². The molecule has 1 heterocycles. The number of hydrogen-bond acceptors (Lipinski definition) is 3. The van der Waals surface area contributed by atoms with Crippen LogP contribution >= 0.6 is 0 Å². The van der Waals surface area contributed by atoms with Crippen molar-refractivity contribution in [1.29, 1.82) is 5.26 Å². The van der Waals surface area contributed by atoms with Crippen molar-refractivity contribution in [2.75, 3.05) is 31.1 Å². The molecular weight excluding hydrogens is 294 g/mol. The van der Waals surface area contributed by atoms with E-state index in [1.54, 1.807) is 0 Å². The van der Waals surface area contributed by atoms with Gasteiger partial charge in [-0.2, -0.15) is 5.26 Å². The molecule has 1 aliphatic rings. The van der Waals surface area contributed by atoms with Crippen molar-refractivity contribution in [3.8, 4) is 6.07 Å². The molecule has 2 aromatic carbocycles. The van der Waals surface area contributed by atoms with Gasteiger partial charge in [-0.05, 0) is 42.7 Å². The molecule has 3 nitrogen and oxygen atoms in total. The minimum atomic E-state index is 0.507. The van der Waals surface area contributed by atoms with Gasteiger partial charge < -0.3 is 4.90 Å². The first-order chi connectivity index (χ1) is 11.8. The van der Waals surface area contributed by atoms with E-state index in [1.165, 1.54) is 17.7 Å². The van der Waals surface area contributed by atoms with E-state index in [0.29, 0.717) is 6.04 Å². The molecule has 3 rings (SSSR count). The maximum atomic E-state index is 8.94. The molecule has 1 aliphatic heterocycles. The molecule has 0 spiro atoms. The molecule has 0 aromatic heterocycles. The summed E-state index contributed by atoms with van der Waals surface area (Å²) in [5.74, 6) is 0. The Kier molecular flexibility index (Phi) is 5.51. The Labute approximate surface area is 145 Å². The Morgan fingerprint density at radius 3 is 2.38 bits per heavy atom. The fraction of sp³-hybridized carbons (Fsp3) is 0.381. The van der Waals surface area contributed by atoms with Crippen molar-refractivity contribution in [2.24, 2.45) is 0 Å². The second kappa shape index (κ2) is 7.99. The van der Waals surface area contributed by atoms with Crippen molar-refractivity contribution >= 4 is 5.69 Å². The van der Waals surface area contributed by atoms with Gasteiger partial charge in [0.15, 0.2) is 0 Å². The highest BCUT2D eigenvalue weighted by Gasteiger charge is 2.22. The summed E-state index contributed by atoms with van der Waals surface area (Å²) in [4.78, 5) is 5.07. The van der Waals surface area contributed by atoms with Crippen molar-refractivity contribution in [1.82, 2.24) is 4.90 Å². The zero-order chi connectivity index (χ0) is 16.8. The summed E-state index contributed by atoms with van der Waals surface area (Å²) in [7, 11) is 0. The van der Waals surface area contributed by atoms with Crippen LogP contribution in [0.3, 0.4) is 0 Å². The largest absolute Gasteiger partial charge is 0.370 e. The number of nitrogens with zero attached hydrogens (tertiary/aromatic N) is 3. The minimum absolute atomic E-state index is 0.507. The molecule has 124 valence electrons. The lowest BCUT2D eigenvalue weighted by atomic mass is 10.0. The third-order valence-corrected chi connectivity index (χ3v) is 4.90. The van der Waals surface area contributed by atoms with Gasteiger partial charge in [-0.25, -0.2) is 0 Å². The van der Waals surface area contributed by atoms with Crippen LogP contribution in [0.25, 0.3) is 0 Å². The van der Waals surface area contributed by atoms with E-state index in [1.807, 2.05) is 12.1 Å². The molecule has 0 saturated carbocycles. The molecular formula is C21H25N3. The number of benzene rings is 2. The Balaban J connectivity index is 1.69. The van der Waals surface area contributed by atoms with E-state index in [9.17, 15) is 0 Å². The van der Waals surface area contributed by atoms with E-state index in [0.717, 1.165) is 38.2 Å². The summed E-state index contributed by atoms with van der Waals surface area (Å²) in [5, 5.41) is 8.94. The Morgan fingerprint density at radius 2 is 1.71 bits per heavy atom. The average molecular weight is 319 g/mol. The molecule has 1 fully saturated rings. The number of hydrogen-bond donors (Lipinski definition) is 0. The Morgan fingerprint density at radius 1 is 0.958 bits per heavy atom. The standard InChI is InChI=1S/C21H25N3/c1-2-21(19-7-4-3-5-8-19)24-14-6-13-23(15-16-24)20-11-9-18(17-22)10-12-20/h3-5,7-12,21H,2,6,13-16H2,1H3. The van der Waals surface area contributed by atoms with E-state index in [2.05, 4.69) is 65.3 Å². The zero-order valence-corrected chi connectivity index (χ0v) is 14.4. The molecule has 0 N–H and O–H groups in total. The number of anilines is 1. The second-order valence-corrected chi connectivity index (χ2v) is 6.37. The molecule has 1 saturated heterocycles. The van der Waals surface area contributed by atoms with E-state index >= 15 is 0 Å². The van der Waals surface area contributed by atoms with Crippen LogP contribution in [0.2, 0.25) is 0 Å². The highest BCUT2D eigenvalue weighted by atomic mass is 15.2. The predicted molar refractivity (Wildman–Crippen MR) is 99.0 cm³/mol. The lowest BCUT2D eigenvalue weighted by molar-refractivity contribution is 0.206. The molecule has 1 atom stereocenters. The molecule has 0 radical (unpaired) electrons. The quantitative estimate of drug-likeness (QED) is 0.845. The second-order valence-electron chi connectivity index (χ2n) is 6.37. The summed E-state index contributed by atoms with van der Waals surface area (Å²) in [5.41, 5.74) is 3.38. The normalized spacial score (nSPS) is 17.1. The minimum Gasteiger partial charge on any atom is -0.370 e. The third kappa shape index (κ3) is 3.77. The average Bonchev–Trinajstić information content (AvgIpc) is 2.90. The molecule has 0 aliphatic carbocycles. The first-order valence-corrected chi connectivity index (χ1v) is 8.86. The van der Waals surface area contributed by atoms with Gasteiger partial charge in [0.1, 0.15) is 0 Å². The van der Waals surface area contributed by atoms with Crippen molar-refractivity contribution < 1.29 is 0 Å². The summed E-state index contributed by atoms with van der Waals surface area (Å²) in [6, 6.07) is 21.5. The SMILES string of the molecule is CCC(c1ccccc1)N1CCCN(c2ccc(C#N)cc2)CC1. The topological polar surface area (TPSA) is 30.3 Å². The van der Waals surface area contributed by atoms with Gasteiger partial charge in [0.05, 0.1) is 11.6 Å². The highest BCUT2D eigenvalue weighted by molar-refractivity contribution is 5.49. The number of nitriles is 1. The van der Waals surface area contributed by atoms with Crippen LogP contribution in [0.5, 0.6) is 0 Å². The Hall–Kier alpha value is -2.31. The van der Waals surface area contributed by atoms with Crippen LogP contribution in [-0.2, 0) is 0 Å². The van der Waals surface area contributed by atoms with E-state index in [4.69, 9.17) is 5.26 Å². The van der Waals surface area contributed by atoms with Crippen LogP contribution < -0.4 is 4.90 Å². The lowest BCUT2D eigenvalue weighted by Gasteiger charge is -2.30. The maximum Gasteiger partial charge on any atom is 0.0991 e. The van der Waals surface area contributed by atoms with Crippen LogP contribution in [0, 0.1) is 11.3 Å². The molecule has 2 aromatic rings. The van der Waals surface area contributed by atoms with Crippen LogP contribution in [0.4, 0.5) is 5.69 Å². The first kappa shape index (κ1) is 16.5. The monoisotopic (exact) mass is 319 g/mol. The maximum absolute atomic E-state index is 8.94. The molecule has 3 heteroatoms. The summed E-state index contributed by atoms with van der Waals surface area (Å²) < 4.78 is 0. The van der Waals surface area contributed by atoms with Gasteiger partial charge >= 0.3 is 0 Å². The van der Waals surface area contributed by atoms with E-state index in [-0.39, 0.29) is 0 Å². The molecule has 0 amide bonds. The molecule has 24 heavy (non-hydrogen) atoms. The fourth-order valence-corrected chi connectivity index (χ4v) is 3.63. The van der Waals surface area contributed by atoms with Gasteiger partial charge in [-0.15, -0.1) is 0 Å². The Bertz CT molecular complexity index is 672. The van der Waals surface area contributed by atoms with Crippen LogP contribution in [0.15, 0.2) is 54.6 Å². The van der Waals surface area contributed by atoms with Gasteiger partial charge in [0.2, 0.25) is 0 Å². The lowest BCUT2D eigenvalue weighted by Crippen LogP contribution is -2.33. The van der Waals surface area contributed by atoms with E-state index < -0.39 is 0 Å². The molecule has 0 bridgehead atoms. The van der Waals surface area contributed by atoms with Crippen LogP contribution in [-0.4, -0.2) is 31.1 Å². The van der Waals surface area contributed by atoms with Gasteiger partial charge in [0.25, 0.3) is 0 Å². The van der Waals surface area contributed by atoms with Crippen molar-refractivity contribution in [3.05, 3.63) is 65.7 Å². The smallest absolute Gasteiger partial charge is 0.0991 e. The third-order valence-electron chi connectivity index (χ3n) is 4.90.